The fourth-order valence-electron chi connectivity index (χ4n) is 2.18. The molecule has 2 N–H and O–H groups in total. The molecule has 0 aliphatic heterocycles. The molecule has 0 unspecified atom stereocenters. The van der Waals surface area contributed by atoms with Crippen LogP contribution in [0.1, 0.15) is 24.8 Å². The lowest BCUT2D eigenvalue weighted by atomic mass is 9.86. The summed E-state index contributed by atoms with van der Waals surface area (Å²) < 4.78 is 26.3. The summed E-state index contributed by atoms with van der Waals surface area (Å²) in [4.78, 5) is 0.317. The van der Waals surface area contributed by atoms with Gasteiger partial charge in [0.25, 0.3) is 0 Å². The summed E-state index contributed by atoms with van der Waals surface area (Å²) >= 11 is 0. The smallest absolute Gasteiger partial charge is 0.242 e. The Labute approximate surface area is 121 Å². The van der Waals surface area contributed by atoms with Gasteiger partial charge in [0.1, 0.15) is 0 Å². The molecule has 4 nitrogen and oxygen atoms in total. The van der Waals surface area contributed by atoms with E-state index in [-0.39, 0.29) is 0 Å². The second kappa shape index (κ2) is 6.40. The molecule has 1 saturated carbocycles. The van der Waals surface area contributed by atoms with Gasteiger partial charge in [-0.15, -0.1) is 0 Å². The van der Waals surface area contributed by atoms with Crippen LogP contribution in [0.3, 0.4) is 0 Å². The molecular formula is C15H20N2O2S. The van der Waals surface area contributed by atoms with Gasteiger partial charge >= 0.3 is 0 Å². The highest BCUT2D eigenvalue weighted by atomic mass is 32.2. The van der Waals surface area contributed by atoms with Crippen LogP contribution in [0.5, 0.6) is 0 Å². The van der Waals surface area contributed by atoms with E-state index in [1.54, 1.807) is 31.3 Å². The quantitative estimate of drug-likeness (QED) is 0.854. The molecule has 1 aromatic carbocycles. The van der Waals surface area contributed by atoms with Crippen molar-refractivity contribution in [1.29, 1.82) is 0 Å². The minimum atomic E-state index is -3.39. The van der Waals surface area contributed by atoms with Crippen molar-refractivity contribution in [3.8, 4) is 11.8 Å². The number of nitrogens with zero attached hydrogens (tertiary/aromatic N) is 1. The van der Waals surface area contributed by atoms with Crippen LogP contribution in [-0.4, -0.2) is 32.9 Å². The standard InChI is InChI=1S/C15H20N2O2S/c1-17(12-14-4-2-5-14)20(18,19)15-9-7-13(8-10-15)6-3-11-16/h7-10,14H,2,4-5,11-12,16H2,1H3. The van der Waals surface area contributed by atoms with Crippen molar-refractivity contribution in [3.63, 3.8) is 0 Å². The highest BCUT2D eigenvalue weighted by Gasteiger charge is 2.26. The second-order valence-electron chi connectivity index (χ2n) is 5.11. The Morgan fingerprint density at radius 1 is 1.30 bits per heavy atom. The van der Waals surface area contributed by atoms with Gasteiger partial charge in [0.2, 0.25) is 10.0 Å². The molecule has 0 aromatic heterocycles. The van der Waals surface area contributed by atoms with E-state index in [0.717, 1.165) is 18.4 Å². The fraction of sp³-hybridized carbons (Fsp3) is 0.467. The van der Waals surface area contributed by atoms with Crippen LogP contribution in [-0.2, 0) is 10.0 Å². The Kier molecular flexibility index (Phi) is 4.81. The van der Waals surface area contributed by atoms with Crippen molar-refractivity contribution < 1.29 is 8.42 Å². The molecule has 0 radical (unpaired) electrons. The maximum absolute atomic E-state index is 12.4. The Hall–Kier alpha value is -1.35. The lowest BCUT2D eigenvalue weighted by Crippen LogP contribution is -2.34. The van der Waals surface area contributed by atoms with Crippen molar-refractivity contribution in [2.75, 3.05) is 20.1 Å². The molecule has 0 atom stereocenters. The summed E-state index contributed by atoms with van der Waals surface area (Å²) in [6.07, 6.45) is 3.48. The van der Waals surface area contributed by atoms with Gasteiger partial charge in [-0.25, -0.2) is 12.7 Å². The average molecular weight is 292 g/mol. The predicted octanol–water partition coefficient (Wildman–Crippen LogP) is 1.42. The van der Waals surface area contributed by atoms with Gasteiger partial charge in [-0.2, -0.15) is 0 Å². The molecule has 1 aliphatic rings. The Bertz CT molecular complexity index is 608. The third-order valence-electron chi connectivity index (χ3n) is 3.64. The van der Waals surface area contributed by atoms with Crippen LogP contribution in [0.25, 0.3) is 0 Å². The highest BCUT2D eigenvalue weighted by molar-refractivity contribution is 7.89. The van der Waals surface area contributed by atoms with E-state index in [0.29, 0.717) is 23.9 Å². The summed E-state index contributed by atoms with van der Waals surface area (Å²) in [5.74, 6) is 6.14. The normalized spacial score (nSPS) is 15.6. The molecule has 5 heteroatoms. The third kappa shape index (κ3) is 3.40. The van der Waals surface area contributed by atoms with E-state index in [1.165, 1.54) is 10.7 Å². The molecule has 1 aliphatic carbocycles. The summed E-state index contributed by atoms with van der Waals surface area (Å²) in [5.41, 5.74) is 6.08. The molecule has 20 heavy (non-hydrogen) atoms. The van der Waals surface area contributed by atoms with E-state index in [2.05, 4.69) is 11.8 Å². The van der Waals surface area contributed by atoms with Crippen LogP contribution in [0, 0.1) is 17.8 Å². The molecule has 108 valence electrons. The van der Waals surface area contributed by atoms with E-state index < -0.39 is 10.0 Å². The average Bonchev–Trinajstić information content (AvgIpc) is 2.40. The van der Waals surface area contributed by atoms with Crippen LogP contribution in [0.2, 0.25) is 0 Å². The zero-order chi connectivity index (χ0) is 14.6. The highest BCUT2D eigenvalue weighted by Crippen LogP contribution is 2.28. The lowest BCUT2D eigenvalue weighted by molar-refractivity contribution is 0.263. The van der Waals surface area contributed by atoms with E-state index >= 15 is 0 Å². The van der Waals surface area contributed by atoms with Crippen LogP contribution >= 0.6 is 0 Å². The molecule has 2 rings (SSSR count). The molecule has 1 fully saturated rings. The van der Waals surface area contributed by atoms with Gasteiger partial charge in [-0.3, -0.25) is 0 Å². The molecule has 0 heterocycles. The number of hydrogen-bond acceptors (Lipinski definition) is 3. The SMILES string of the molecule is CN(CC1CCC1)S(=O)(=O)c1ccc(C#CCN)cc1. The number of hydrogen-bond donors (Lipinski definition) is 1. The van der Waals surface area contributed by atoms with Gasteiger partial charge in [-0.05, 0) is 43.0 Å². The van der Waals surface area contributed by atoms with Crippen LogP contribution in [0.15, 0.2) is 29.2 Å². The Morgan fingerprint density at radius 3 is 2.45 bits per heavy atom. The van der Waals surface area contributed by atoms with Crippen molar-refractivity contribution in [1.82, 2.24) is 4.31 Å². The first kappa shape index (κ1) is 15.0. The van der Waals surface area contributed by atoms with E-state index in [1.807, 2.05) is 0 Å². The van der Waals surface area contributed by atoms with E-state index in [4.69, 9.17) is 5.73 Å². The number of sulfonamides is 1. The molecule has 0 bridgehead atoms. The summed E-state index contributed by atoms with van der Waals surface area (Å²) in [5, 5.41) is 0. The molecule has 0 amide bonds. The zero-order valence-corrected chi connectivity index (χ0v) is 12.5. The fourth-order valence-corrected chi connectivity index (χ4v) is 3.43. The number of benzene rings is 1. The maximum atomic E-state index is 12.4. The molecular weight excluding hydrogens is 272 g/mol. The third-order valence-corrected chi connectivity index (χ3v) is 5.47. The van der Waals surface area contributed by atoms with Crippen molar-refractivity contribution in [3.05, 3.63) is 29.8 Å². The Balaban J connectivity index is 2.11. The van der Waals surface area contributed by atoms with Crippen molar-refractivity contribution >= 4 is 10.0 Å². The minimum Gasteiger partial charge on any atom is -0.320 e. The maximum Gasteiger partial charge on any atom is 0.242 e. The first-order valence-electron chi connectivity index (χ1n) is 6.79. The molecule has 0 saturated heterocycles. The number of rotatable bonds is 4. The Morgan fingerprint density at radius 2 is 1.95 bits per heavy atom. The van der Waals surface area contributed by atoms with Gasteiger partial charge in [0.15, 0.2) is 0 Å². The first-order valence-corrected chi connectivity index (χ1v) is 8.23. The monoisotopic (exact) mass is 292 g/mol. The number of nitrogens with two attached hydrogens (primary N) is 1. The first-order chi connectivity index (χ1) is 9.54. The van der Waals surface area contributed by atoms with Crippen LogP contribution in [0.4, 0.5) is 0 Å². The van der Waals surface area contributed by atoms with Gasteiger partial charge < -0.3 is 5.73 Å². The van der Waals surface area contributed by atoms with Crippen molar-refractivity contribution in [2.24, 2.45) is 11.7 Å². The summed E-state index contributed by atoms with van der Waals surface area (Å²) in [7, 11) is -1.74. The zero-order valence-electron chi connectivity index (χ0n) is 11.7. The van der Waals surface area contributed by atoms with Gasteiger partial charge in [-0.1, -0.05) is 18.3 Å². The molecule has 0 spiro atoms. The van der Waals surface area contributed by atoms with Crippen molar-refractivity contribution in [2.45, 2.75) is 24.2 Å². The largest absolute Gasteiger partial charge is 0.320 e. The van der Waals surface area contributed by atoms with Gasteiger partial charge in [0, 0.05) is 19.2 Å². The molecule has 1 aromatic rings. The van der Waals surface area contributed by atoms with Crippen LogP contribution < -0.4 is 5.73 Å². The summed E-state index contributed by atoms with van der Waals surface area (Å²) in [6.45, 7) is 0.904. The van der Waals surface area contributed by atoms with E-state index in [9.17, 15) is 8.42 Å². The van der Waals surface area contributed by atoms with Gasteiger partial charge in [0.05, 0.1) is 11.4 Å². The summed E-state index contributed by atoms with van der Waals surface area (Å²) in [6, 6.07) is 6.64. The minimum absolute atomic E-state index is 0.296. The predicted molar refractivity (Wildman–Crippen MR) is 79.5 cm³/mol. The lowest BCUT2D eigenvalue weighted by Gasteiger charge is -2.29. The topological polar surface area (TPSA) is 63.4 Å². The second-order valence-corrected chi connectivity index (χ2v) is 7.16.